The van der Waals surface area contributed by atoms with Crippen molar-refractivity contribution in [2.24, 2.45) is 0 Å². The molecular formula is C16H20F3NO2. The Hall–Kier alpha value is -1.56. The van der Waals surface area contributed by atoms with Gasteiger partial charge in [0, 0.05) is 19.5 Å². The Morgan fingerprint density at radius 1 is 1.27 bits per heavy atom. The van der Waals surface area contributed by atoms with Crippen molar-refractivity contribution in [3.63, 3.8) is 0 Å². The Kier molecular flexibility index (Phi) is 5.83. The molecule has 3 nitrogen and oxygen atoms in total. The van der Waals surface area contributed by atoms with Gasteiger partial charge in [-0.1, -0.05) is 30.3 Å². The van der Waals surface area contributed by atoms with E-state index in [1.54, 1.807) is 4.90 Å². The quantitative estimate of drug-likeness (QED) is 0.835. The monoisotopic (exact) mass is 315 g/mol. The molecule has 1 aromatic carbocycles. The predicted octanol–water partition coefficient (Wildman–Crippen LogP) is 3.19. The highest BCUT2D eigenvalue weighted by molar-refractivity contribution is 5.76. The summed E-state index contributed by atoms with van der Waals surface area (Å²) in [6, 6.07) is 9.67. The number of benzene rings is 1. The third-order valence-electron chi connectivity index (χ3n) is 3.68. The van der Waals surface area contributed by atoms with Crippen LogP contribution in [0.1, 0.15) is 24.8 Å². The van der Waals surface area contributed by atoms with Crippen LogP contribution in [-0.2, 0) is 16.0 Å². The summed E-state index contributed by atoms with van der Waals surface area (Å²) < 4.78 is 41.4. The Labute approximate surface area is 128 Å². The molecule has 0 spiro atoms. The minimum Gasteiger partial charge on any atom is -0.367 e. The minimum absolute atomic E-state index is 0.0239. The Morgan fingerprint density at radius 2 is 2.00 bits per heavy atom. The zero-order chi connectivity index (χ0) is 16.0. The van der Waals surface area contributed by atoms with Crippen molar-refractivity contribution in [3.8, 4) is 0 Å². The lowest BCUT2D eigenvalue weighted by Crippen LogP contribution is -2.44. The van der Waals surface area contributed by atoms with Crippen LogP contribution in [0.4, 0.5) is 13.2 Å². The van der Waals surface area contributed by atoms with Crippen molar-refractivity contribution in [1.82, 2.24) is 4.90 Å². The van der Waals surface area contributed by atoms with E-state index in [0.29, 0.717) is 32.2 Å². The van der Waals surface area contributed by atoms with Gasteiger partial charge in [0.2, 0.25) is 5.91 Å². The van der Waals surface area contributed by atoms with E-state index in [-0.39, 0.29) is 12.5 Å². The number of alkyl halides is 3. The molecule has 1 saturated heterocycles. The van der Waals surface area contributed by atoms with Crippen molar-refractivity contribution < 1.29 is 22.7 Å². The second kappa shape index (κ2) is 7.63. The average Bonchev–Trinajstić information content (AvgIpc) is 2.51. The molecule has 0 bridgehead atoms. The van der Waals surface area contributed by atoms with E-state index >= 15 is 0 Å². The van der Waals surface area contributed by atoms with Crippen molar-refractivity contribution in [3.05, 3.63) is 35.9 Å². The van der Waals surface area contributed by atoms with Crippen LogP contribution in [0.5, 0.6) is 0 Å². The number of carbonyl (C=O) groups is 1. The third kappa shape index (κ3) is 5.67. The molecule has 1 aromatic rings. The molecule has 1 amide bonds. The van der Waals surface area contributed by atoms with Crippen LogP contribution in [0.3, 0.4) is 0 Å². The zero-order valence-electron chi connectivity index (χ0n) is 12.3. The molecule has 22 heavy (non-hydrogen) atoms. The first-order valence-corrected chi connectivity index (χ1v) is 7.44. The van der Waals surface area contributed by atoms with Crippen LogP contribution in [0.15, 0.2) is 30.3 Å². The largest absolute Gasteiger partial charge is 0.411 e. The summed E-state index contributed by atoms with van der Waals surface area (Å²) in [5.74, 6) is -0.0239. The normalized spacial score (nSPS) is 19.2. The van der Waals surface area contributed by atoms with Gasteiger partial charge in [-0.2, -0.15) is 13.2 Å². The van der Waals surface area contributed by atoms with Crippen molar-refractivity contribution >= 4 is 5.91 Å². The summed E-state index contributed by atoms with van der Waals surface area (Å²) in [5, 5.41) is 0. The standard InChI is InChI=1S/C16H20F3NO2/c17-16(18,19)12-22-14-7-4-10-20(11-14)15(21)9-8-13-5-2-1-3-6-13/h1-3,5-6,14H,4,7-12H2. The SMILES string of the molecule is O=C(CCc1ccccc1)N1CCCC(OCC(F)(F)F)C1. The lowest BCUT2D eigenvalue weighted by Gasteiger charge is -2.33. The molecule has 0 N–H and O–H groups in total. The molecule has 122 valence electrons. The molecule has 6 heteroatoms. The van der Waals surface area contributed by atoms with E-state index < -0.39 is 18.9 Å². The summed E-state index contributed by atoms with van der Waals surface area (Å²) in [7, 11) is 0. The number of piperidine rings is 1. The molecule has 1 heterocycles. The van der Waals surface area contributed by atoms with Crippen LogP contribution in [0, 0.1) is 0 Å². The third-order valence-corrected chi connectivity index (χ3v) is 3.68. The molecule has 1 aliphatic rings. The maximum Gasteiger partial charge on any atom is 0.411 e. The van der Waals surface area contributed by atoms with Crippen LogP contribution in [0.25, 0.3) is 0 Å². The summed E-state index contributed by atoms with van der Waals surface area (Å²) in [6.07, 6.45) is -2.58. The van der Waals surface area contributed by atoms with Gasteiger partial charge in [0.05, 0.1) is 6.10 Å². The number of ether oxygens (including phenoxy) is 1. The molecule has 1 atom stereocenters. The molecule has 2 rings (SSSR count). The fraction of sp³-hybridized carbons (Fsp3) is 0.562. The van der Waals surface area contributed by atoms with Crippen LogP contribution >= 0.6 is 0 Å². The number of carbonyl (C=O) groups excluding carboxylic acids is 1. The number of amides is 1. The first-order valence-electron chi connectivity index (χ1n) is 7.44. The molecule has 0 radical (unpaired) electrons. The minimum atomic E-state index is -4.32. The predicted molar refractivity (Wildman–Crippen MR) is 76.4 cm³/mol. The van der Waals surface area contributed by atoms with E-state index in [2.05, 4.69) is 0 Å². The van der Waals surface area contributed by atoms with Crippen LogP contribution < -0.4 is 0 Å². The lowest BCUT2D eigenvalue weighted by atomic mass is 10.1. The summed E-state index contributed by atoms with van der Waals surface area (Å²) >= 11 is 0. The molecule has 1 unspecified atom stereocenters. The fourth-order valence-electron chi connectivity index (χ4n) is 2.57. The van der Waals surface area contributed by atoms with Gasteiger partial charge >= 0.3 is 6.18 Å². The Morgan fingerprint density at radius 3 is 2.68 bits per heavy atom. The maximum atomic E-state index is 12.2. The molecule has 0 aromatic heterocycles. The first-order chi connectivity index (χ1) is 10.4. The van der Waals surface area contributed by atoms with Gasteiger partial charge in [-0.15, -0.1) is 0 Å². The van der Waals surface area contributed by atoms with Gasteiger partial charge in [0.1, 0.15) is 6.61 Å². The number of likely N-dealkylation sites (tertiary alicyclic amines) is 1. The van der Waals surface area contributed by atoms with E-state index in [0.717, 1.165) is 5.56 Å². The molecule has 0 aliphatic carbocycles. The van der Waals surface area contributed by atoms with Gasteiger partial charge in [-0.05, 0) is 24.8 Å². The van der Waals surface area contributed by atoms with Gasteiger partial charge < -0.3 is 9.64 Å². The number of aryl methyl sites for hydroxylation is 1. The number of hydrogen-bond donors (Lipinski definition) is 0. The Balaban J connectivity index is 1.77. The van der Waals surface area contributed by atoms with E-state index in [1.807, 2.05) is 30.3 Å². The summed E-state index contributed by atoms with van der Waals surface area (Å²) in [6.45, 7) is -0.396. The van der Waals surface area contributed by atoms with E-state index in [4.69, 9.17) is 4.74 Å². The second-order valence-electron chi connectivity index (χ2n) is 5.52. The summed E-state index contributed by atoms with van der Waals surface area (Å²) in [5.41, 5.74) is 1.08. The number of hydrogen-bond acceptors (Lipinski definition) is 2. The second-order valence-corrected chi connectivity index (χ2v) is 5.52. The van der Waals surface area contributed by atoms with Gasteiger partial charge in [0.25, 0.3) is 0 Å². The molecular weight excluding hydrogens is 295 g/mol. The number of nitrogens with zero attached hydrogens (tertiary/aromatic N) is 1. The molecule has 1 fully saturated rings. The average molecular weight is 315 g/mol. The topological polar surface area (TPSA) is 29.5 Å². The van der Waals surface area contributed by atoms with Gasteiger partial charge in [-0.25, -0.2) is 0 Å². The number of rotatable bonds is 5. The molecule has 0 saturated carbocycles. The maximum absolute atomic E-state index is 12.2. The van der Waals surface area contributed by atoms with Crippen molar-refractivity contribution in [2.75, 3.05) is 19.7 Å². The summed E-state index contributed by atoms with van der Waals surface area (Å²) in [4.78, 5) is 13.8. The van der Waals surface area contributed by atoms with Crippen molar-refractivity contribution in [2.45, 2.75) is 38.0 Å². The molecule has 1 aliphatic heterocycles. The van der Waals surface area contributed by atoms with Crippen LogP contribution in [-0.4, -0.2) is 42.8 Å². The van der Waals surface area contributed by atoms with E-state index in [9.17, 15) is 18.0 Å². The number of halogens is 3. The fourth-order valence-corrected chi connectivity index (χ4v) is 2.57. The smallest absolute Gasteiger partial charge is 0.367 e. The zero-order valence-corrected chi connectivity index (χ0v) is 12.3. The Bertz CT molecular complexity index is 476. The van der Waals surface area contributed by atoms with Crippen LogP contribution in [0.2, 0.25) is 0 Å². The lowest BCUT2D eigenvalue weighted by molar-refractivity contribution is -0.190. The van der Waals surface area contributed by atoms with Gasteiger partial charge in [-0.3, -0.25) is 4.79 Å². The highest BCUT2D eigenvalue weighted by Crippen LogP contribution is 2.20. The first kappa shape index (κ1) is 16.8. The highest BCUT2D eigenvalue weighted by atomic mass is 19.4. The van der Waals surface area contributed by atoms with Gasteiger partial charge in [0.15, 0.2) is 0 Å². The van der Waals surface area contributed by atoms with Crippen molar-refractivity contribution in [1.29, 1.82) is 0 Å². The highest BCUT2D eigenvalue weighted by Gasteiger charge is 2.31. The van der Waals surface area contributed by atoms with E-state index in [1.165, 1.54) is 0 Å².